The molecule has 0 unspecified atom stereocenters. The van der Waals surface area contributed by atoms with Gasteiger partial charge in [0, 0.05) is 23.5 Å². The van der Waals surface area contributed by atoms with Crippen LogP contribution >= 0.6 is 0 Å². The van der Waals surface area contributed by atoms with E-state index in [1.54, 1.807) is 0 Å². The lowest BCUT2D eigenvalue weighted by Gasteiger charge is -2.08. The molecule has 0 spiro atoms. The van der Waals surface area contributed by atoms with Gasteiger partial charge in [-0.05, 0) is 55.6 Å². The Morgan fingerprint density at radius 2 is 1.50 bits per heavy atom. The van der Waals surface area contributed by atoms with Gasteiger partial charge >= 0.3 is 6.03 Å². The predicted octanol–water partition coefficient (Wildman–Crippen LogP) is 3.52. The molecule has 0 fully saturated rings. The van der Waals surface area contributed by atoms with Crippen molar-refractivity contribution in [1.29, 1.82) is 0 Å². The number of rotatable bonds is 7. The molecule has 2 rings (SSSR count). The van der Waals surface area contributed by atoms with Gasteiger partial charge in [-0.15, -0.1) is 0 Å². The first-order valence-corrected chi connectivity index (χ1v) is 7.70. The summed E-state index contributed by atoms with van der Waals surface area (Å²) in [6.45, 7) is 0.697. The molecule has 0 aliphatic heterocycles. The quantitative estimate of drug-likeness (QED) is 0.410. The summed E-state index contributed by atoms with van der Waals surface area (Å²) in [6, 6.07) is 12.9. The molecule has 2 aromatic carbocycles. The third-order valence-corrected chi connectivity index (χ3v) is 3.47. The maximum atomic E-state index is 11.9. The van der Waals surface area contributed by atoms with E-state index >= 15 is 0 Å². The van der Waals surface area contributed by atoms with Gasteiger partial charge in [-0.2, -0.15) is 0 Å². The minimum absolute atomic E-state index is 0.0221. The van der Waals surface area contributed by atoms with E-state index in [1.165, 1.54) is 29.8 Å². The van der Waals surface area contributed by atoms with E-state index in [0.717, 1.165) is 19.3 Å². The fourth-order valence-electron chi connectivity index (χ4n) is 2.19. The summed E-state index contributed by atoms with van der Waals surface area (Å²) >= 11 is 0. The fourth-order valence-corrected chi connectivity index (χ4v) is 2.19. The molecule has 0 saturated carbocycles. The molecule has 7 nitrogen and oxygen atoms in total. The molecular weight excluding hydrogens is 308 g/mol. The van der Waals surface area contributed by atoms with Gasteiger partial charge in [-0.25, -0.2) is 4.79 Å². The highest BCUT2D eigenvalue weighted by Crippen LogP contribution is 2.16. The van der Waals surface area contributed by atoms with E-state index in [9.17, 15) is 14.9 Å². The molecule has 0 aliphatic carbocycles. The molecule has 0 bridgehead atoms. The fraction of sp³-hybridized carbons (Fsp3) is 0.235. The second-order valence-corrected chi connectivity index (χ2v) is 5.33. The molecule has 0 aromatic heterocycles. The van der Waals surface area contributed by atoms with Crippen LogP contribution in [0.2, 0.25) is 0 Å². The number of nitro groups is 1. The SMILES string of the molecule is NCCCCc1ccc(NC(=O)Nc2ccc([N+](=O)[O-])cc2)cc1. The van der Waals surface area contributed by atoms with Gasteiger partial charge in [0.2, 0.25) is 0 Å². The highest BCUT2D eigenvalue weighted by Gasteiger charge is 2.06. The van der Waals surface area contributed by atoms with Crippen molar-refractivity contribution in [1.82, 2.24) is 0 Å². The maximum Gasteiger partial charge on any atom is 0.323 e. The van der Waals surface area contributed by atoms with Gasteiger partial charge in [0.15, 0.2) is 0 Å². The van der Waals surface area contributed by atoms with E-state index in [4.69, 9.17) is 5.73 Å². The average Bonchev–Trinajstić information content (AvgIpc) is 2.57. The first kappa shape index (κ1) is 17.4. The summed E-state index contributed by atoms with van der Waals surface area (Å²) in [6.07, 6.45) is 3.01. The van der Waals surface area contributed by atoms with Crippen molar-refractivity contribution in [2.24, 2.45) is 5.73 Å². The molecule has 0 saturated heterocycles. The van der Waals surface area contributed by atoms with E-state index in [1.807, 2.05) is 24.3 Å². The van der Waals surface area contributed by atoms with E-state index in [-0.39, 0.29) is 5.69 Å². The number of amides is 2. The number of hydrogen-bond donors (Lipinski definition) is 3. The summed E-state index contributed by atoms with van der Waals surface area (Å²) in [5, 5.41) is 15.9. The van der Waals surface area contributed by atoms with Crippen molar-refractivity contribution in [2.75, 3.05) is 17.2 Å². The third-order valence-electron chi connectivity index (χ3n) is 3.47. The molecule has 24 heavy (non-hydrogen) atoms. The standard InChI is InChI=1S/C17H20N4O3/c18-12-2-1-3-13-4-6-14(7-5-13)19-17(22)20-15-8-10-16(11-9-15)21(23)24/h4-11H,1-3,12,18H2,(H2,19,20,22). The highest BCUT2D eigenvalue weighted by molar-refractivity contribution is 5.99. The van der Waals surface area contributed by atoms with E-state index in [2.05, 4.69) is 10.6 Å². The summed E-state index contributed by atoms with van der Waals surface area (Å²) < 4.78 is 0. The number of hydrogen-bond acceptors (Lipinski definition) is 4. The number of non-ortho nitro benzene ring substituents is 1. The number of carbonyl (C=O) groups is 1. The molecular formula is C17H20N4O3. The van der Waals surface area contributed by atoms with Crippen LogP contribution in [0.1, 0.15) is 18.4 Å². The smallest absolute Gasteiger partial charge is 0.323 e. The average molecular weight is 328 g/mol. The zero-order valence-corrected chi connectivity index (χ0v) is 13.2. The van der Waals surface area contributed by atoms with Crippen molar-refractivity contribution in [2.45, 2.75) is 19.3 Å². The van der Waals surface area contributed by atoms with Crippen molar-refractivity contribution in [3.8, 4) is 0 Å². The van der Waals surface area contributed by atoms with Crippen molar-refractivity contribution in [3.63, 3.8) is 0 Å². The zero-order valence-electron chi connectivity index (χ0n) is 13.2. The van der Waals surface area contributed by atoms with Crippen molar-refractivity contribution in [3.05, 3.63) is 64.2 Å². The Labute approximate surface area is 140 Å². The van der Waals surface area contributed by atoms with E-state index < -0.39 is 11.0 Å². The Bertz CT molecular complexity index is 684. The molecule has 0 aliphatic rings. The first-order chi connectivity index (χ1) is 11.6. The van der Waals surface area contributed by atoms with Gasteiger partial charge in [0.25, 0.3) is 5.69 Å². The number of nitro benzene ring substituents is 1. The van der Waals surface area contributed by atoms with Crippen molar-refractivity contribution >= 4 is 23.1 Å². The molecule has 2 amide bonds. The number of aryl methyl sites for hydroxylation is 1. The number of nitrogens with two attached hydrogens (primary N) is 1. The van der Waals surface area contributed by atoms with Crippen LogP contribution in [0.5, 0.6) is 0 Å². The zero-order chi connectivity index (χ0) is 17.4. The number of nitrogens with one attached hydrogen (secondary N) is 2. The van der Waals surface area contributed by atoms with Crippen LogP contribution in [-0.4, -0.2) is 17.5 Å². The third kappa shape index (κ3) is 5.36. The maximum absolute atomic E-state index is 11.9. The summed E-state index contributed by atoms with van der Waals surface area (Å²) in [5.41, 5.74) is 7.81. The van der Waals surface area contributed by atoms with Crippen LogP contribution < -0.4 is 16.4 Å². The molecule has 7 heteroatoms. The lowest BCUT2D eigenvalue weighted by Crippen LogP contribution is -2.19. The minimum Gasteiger partial charge on any atom is -0.330 e. The van der Waals surface area contributed by atoms with Gasteiger partial charge in [-0.3, -0.25) is 10.1 Å². The van der Waals surface area contributed by atoms with Gasteiger partial charge in [-0.1, -0.05) is 12.1 Å². The summed E-state index contributed by atoms with van der Waals surface area (Å²) in [4.78, 5) is 22.0. The second kappa shape index (κ2) is 8.64. The van der Waals surface area contributed by atoms with Gasteiger partial charge < -0.3 is 16.4 Å². The number of anilines is 2. The molecule has 0 atom stereocenters. The molecule has 0 heterocycles. The largest absolute Gasteiger partial charge is 0.330 e. The van der Waals surface area contributed by atoms with E-state index in [0.29, 0.717) is 17.9 Å². The lowest BCUT2D eigenvalue weighted by molar-refractivity contribution is -0.384. The normalized spacial score (nSPS) is 10.2. The second-order valence-electron chi connectivity index (χ2n) is 5.33. The number of benzene rings is 2. The summed E-state index contributed by atoms with van der Waals surface area (Å²) in [7, 11) is 0. The Kier molecular flexibility index (Phi) is 6.27. The lowest BCUT2D eigenvalue weighted by atomic mass is 10.1. The summed E-state index contributed by atoms with van der Waals surface area (Å²) in [5.74, 6) is 0. The number of carbonyl (C=O) groups excluding carboxylic acids is 1. The highest BCUT2D eigenvalue weighted by atomic mass is 16.6. The van der Waals surface area contributed by atoms with Crippen molar-refractivity contribution < 1.29 is 9.72 Å². The monoisotopic (exact) mass is 328 g/mol. The molecule has 4 N–H and O–H groups in total. The Hall–Kier alpha value is -2.93. The number of urea groups is 1. The molecule has 126 valence electrons. The first-order valence-electron chi connectivity index (χ1n) is 7.70. The van der Waals surface area contributed by atoms with Gasteiger partial charge in [0.05, 0.1) is 4.92 Å². The molecule has 0 radical (unpaired) electrons. The Balaban J connectivity index is 1.86. The Morgan fingerprint density at radius 3 is 2.00 bits per heavy atom. The predicted molar refractivity (Wildman–Crippen MR) is 94.2 cm³/mol. The van der Waals surface area contributed by atoms with Crippen LogP contribution in [-0.2, 0) is 6.42 Å². The van der Waals surface area contributed by atoms with Crippen LogP contribution in [0.3, 0.4) is 0 Å². The Morgan fingerprint density at radius 1 is 0.958 bits per heavy atom. The topological polar surface area (TPSA) is 110 Å². The van der Waals surface area contributed by atoms with Gasteiger partial charge in [0.1, 0.15) is 0 Å². The van der Waals surface area contributed by atoms with Crippen LogP contribution in [0.15, 0.2) is 48.5 Å². The number of nitrogens with zero attached hydrogens (tertiary/aromatic N) is 1. The number of unbranched alkanes of at least 4 members (excludes halogenated alkanes) is 1. The minimum atomic E-state index is -0.487. The van der Waals surface area contributed by atoms with Crippen LogP contribution in [0, 0.1) is 10.1 Å². The molecule has 2 aromatic rings. The van der Waals surface area contributed by atoms with Crippen LogP contribution in [0.25, 0.3) is 0 Å². The van der Waals surface area contributed by atoms with Crippen LogP contribution in [0.4, 0.5) is 21.9 Å².